The lowest BCUT2D eigenvalue weighted by Gasteiger charge is -2.12. The maximum atomic E-state index is 5.90. The van der Waals surface area contributed by atoms with E-state index in [1.165, 1.54) is 0 Å². The number of nitrogens with zero attached hydrogens (tertiary/aromatic N) is 2. The molecule has 1 heterocycles. The minimum Gasteiger partial charge on any atom is -0.495 e. The maximum Gasteiger partial charge on any atom is 0.135 e. The molecule has 5 heteroatoms. The van der Waals surface area contributed by atoms with Gasteiger partial charge in [-0.05, 0) is 35.0 Å². The molecule has 0 saturated heterocycles. The number of aromatic nitrogens is 2. The van der Waals surface area contributed by atoms with Gasteiger partial charge in [0.2, 0.25) is 0 Å². The van der Waals surface area contributed by atoms with Crippen molar-refractivity contribution < 1.29 is 4.74 Å². The molecule has 17 heavy (non-hydrogen) atoms. The second kappa shape index (κ2) is 4.89. The number of ether oxygens (including phenoxy) is 1. The second-order valence-electron chi connectivity index (χ2n) is 3.80. The Morgan fingerprint density at radius 3 is 2.88 bits per heavy atom. The van der Waals surface area contributed by atoms with E-state index in [0.29, 0.717) is 0 Å². The van der Waals surface area contributed by atoms with E-state index in [0.717, 1.165) is 21.6 Å². The molecule has 0 aliphatic carbocycles. The molecule has 4 nitrogen and oxygen atoms in total. The Labute approximate surface area is 109 Å². The van der Waals surface area contributed by atoms with Crippen molar-refractivity contribution in [3.8, 4) is 11.4 Å². The first kappa shape index (κ1) is 12.1. The highest BCUT2D eigenvalue weighted by atomic mass is 79.9. The van der Waals surface area contributed by atoms with Crippen LogP contribution in [0.2, 0.25) is 0 Å². The standard InChI is InChI=1S/C12H14BrN3O/c1-8(14)11-6-15-7-16(11)9-3-4-10(13)12(5-9)17-2/h3-8H,14H2,1-2H3/t8-/m0/s1. The molecule has 0 saturated carbocycles. The highest BCUT2D eigenvalue weighted by Gasteiger charge is 2.10. The Hall–Kier alpha value is -1.33. The Morgan fingerprint density at radius 2 is 2.24 bits per heavy atom. The van der Waals surface area contributed by atoms with Crippen molar-refractivity contribution in [2.24, 2.45) is 5.73 Å². The topological polar surface area (TPSA) is 53.1 Å². The summed E-state index contributed by atoms with van der Waals surface area (Å²) < 4.78 is 8.15. The summed E-state index contributed by atoms with van der Waals surface area (Å²) in [6.07, 6.45) is 3.53. The van der Waals surface area contributed by atoms with E-state index in [1.54, 1.807) is 19.6 Å². The molecular formula is C12H14BrN3O. The van der Waals surface area contributed by atoms with Gasteiger partial charge in [-0.3, -0.25) is 0 Å². The van der Waals surface area contributed by atoms with Crippen molar-refractivity contribution in [3.05, 3.63) is 40.9 Å². The van der Waals surface area contributed by atoms with Gasteiger partial charge in [-0.2, -0.15) is 0 Å². The van der Waals surface area contributed by atoms with Gasteiger partial charge in [0.1, 0.15) is 5.75 Å². The second-order valence-corrected chi connectivity index (χ2v) is 4.65. The number of hydrogen-bond acceptors (Lipinski definition) is 3. The molecular weight excluding hydrogens is 282 g/mol. The molecule has 0 amide bonds. The third kappa shape index (κ3) is 2.35. The number of benzene rings is 1. The van der Waals surface area contributed by atoms with Crippen LogP contribution in [0.25, 0.3) is 5.69 Å². The van der Waals surface area contributed by atoms with Crippen LogP contribution < -0.4 is 10.5 Å². The van der Waals surface area contributed by atoms with E-state index in [9.17, 15) is 0 Å². The number of imidazole rings is 1. The van der Waals surface area contributed by atoms with E-state index in [1.807, 2.05) is 29.7 Å². The Bertz CT molecular complexity index is 522. The summed E-state index contributed by atoms with van der Waals surface area (Å²) in [5.74, 6) is 0.784. The summed E-state index contributed by atoms with van der Waals surface area (Å²) in [6, 6.07) is 5.81. The summed E-state index contributed by atoms with van der Waals surface area (Å²) in [5, 5.41) is 0. The Morgan fingerprint density at radius 1 is 1.47 bits per heavy atom. The number of halogens is 1. The zero-order valence-corrected chi connectivity index (χ0v) is 11.3. The summed E-state index contributed by atoms with van der Waals surface area (Å²) >= 11 is 3.43. The predicted octanol–water partition coefficient (Wildman–Crippen LogP) is 2.66. The first-order valence-corrected chi connectivity index (χ1v) is 6.04. The van der Waals surface area contributed by atoms with Crippen molar-refractivity contribution in [1.29, 1.82) is 0 Å². The molecule has 1 aromatic heterocycles. The van der Waals surface area contributed by atoms with Crippen LogP contribution in [0.5, 0.6) is 5.75 Å². The third-order valence-corrected chi connectivity index (χ3v) is 3.20. The first-order chi connectivity index (χ1) is 8.13. The van der Waals surface area contributed by atoms with Crippen LogP contribution in [-0.2, 0) is 0 Å². The van der Waals surface area contributed by atoms with Crippen molar-refractivity contribution in [3.63, 3.8) is 0 Å². The number of rotatable bonds is 3. The fourth-order valence-corrected chi connectivity index (χ4v) is 2.06. The van der Waals surface area contributed by atoms with Gasteiger partial charge < -0.3 is 15.0 Å². The fourth-order valence-electron chi connectivity index (χ4n) is 1.66. The quantitative estimate of drug-likeness (QED) is 0.947. The minimum atomic E-state index is -0.0628. The van der Waals surface area contributed by atoms with Gasteiger partial charge >= 0.3 is 0 Å². The van der Waals surface area contributed by atoms with Crippen LogP contribution in [0.1, 0.15) is 18.7 Å². The SMILES string of the molecule is COc1cc(-n2cncc2[C@H](C)N)ccc1Br. The van der Waals surface area contributed by atoms with Gasteiger partial charge in [0.05, 0.1) is 35.5 Å². The summed E-state index contributed by atoms with van der Waals surface area (Å²) in [4.78, 5) is 4.13. The first-order valence-electron chi connectivity index (χ1n) is 5.25. The molecule has 0 radical (unpaired) electrons. The summed E-state index contributed by atoms with van der Waals surface area (Å²) in [5.41, 5.74) is 7.84. The lowest BCUT2D eigenvalue weighted by atomic mass is 10.2. The van der Waals surface area contributed by atoms with Gasteiger partial charge in [0.25, 0.3) is 0 Å². The van der Waals surface area contributed by atoms with Crippen molar-refractivity contribution in [2.75, 3.05) is 7.11 Å². The predicted molar refractivity (Wildman–Crippen MR) is 70.4 cm³/mol. The van der Waals surface area contributed by atoms with Crippen LogP contribution >= 0.6 is 15.9 Å². The van der Waals surface area contributed by atoms with Crippen molar-refractivity contribution in [2.45, 2.75) is 13.0 Å². The van der Waals surface area contributed by atoms with Gasteiger partial charge in [-0.15, -0.1) is 0 Å². The zero-order valence-electron chi connectivity index (χ0n) is 9.72. The molecule has 2 N–H and O–H groups in total. The van der Waals surface area contributed by atoms with Crippen LogP contribution in [0.3, 0.4) is 0 Å². The molecule has 0 unspecified atom stereocenters. The third-order valence-electron chi connectivity index (χ3n) is 2.55. The molecule has 90 valence electrons. The van der Waals surface area contributed by atoms with Gasteiger partial charge in [0.15, 0.2) is 0 Å². The van der Waals surface area contributed by atoms with E-state index in [-0.39, 0.29) is 6.04 Å². The minimum absolute atomic E-state index is 0.0628. The lowest BCUT2D eigenvalue weighted by Crippen LogP contribution is -2.10. The van der Waals surface area contributed by atoms with Gasteiger partial charge in [0, 0.05) is 12.1 Å². The fraction of sp³-hybridized carbons (Fsp3) is 0.250. The van der Waals surface area contributed by atoms with E-state index in [4.69, 9.17) is 10.5 Å². The molecule has 0 fully saturated rings. The molecule has 1 atom stereocenters. The molecule has 1 aromatic carbocycles. The van der Waals surface area contributed by atoms with Crippen molar-refractivity contribution in [1.82, 2.24) is 9.55 Å². The zero-order chi connectivity index (χ0) is 12.4. The Kier molecular flexibility index (Phi) is 3.49. The maximum absolute atomic E-state index is 5.90. The number of nitrogens with two attached hydrogens (primary N) is 1. The molecule has 0 aliphatic rings. The average molecular weight is 296 g/mol. The average Bonchev–Trinajstić information content (AvgIpc) is 2.78. The Balaban J connectivity index is 2.49. The van der Waals surface area contributed by atoms with Gasteiger partial charge in [-0.1, -0.05) is 0 Å². The van der Waals surface area contributed by atoms with Gasteiger partial charge in [-0.25, -0.2) is 4.98 Å². The van der Waals surface area contributed by atoms with Crippen LogP contribution in [0.15, 0.2) is 35.2 Å². The van der Waals surface area contributed by atoms with E-state index >= 15 is 0 Å². The monoisotopic (exact) mass is 295 g/mol. The highest BCUT2D eigenvalue weighted by molar-refractivity contribution is 9.10. The molecule has 0 aliphatic heterocycles. The van der Waals surface area contributed by atoms with E-state index < -0.39 is 0 Å². The summed E-state index contributed by atoms with van der Waals surface area (Å²) in [6.45, 7) is 1.93. The van der Waals surface area contributed by atoms with E-state index in [2.05, 4.69) is 20.9 Å². The molecule has 2 aromatic rings. The number of hydrogen-bond donors (Lipinski definition) is 1. The number of methoxy groups -OCH3 is 1. The molecule has 2 rings (SSSR count). The highest BCUT2D eigenvalue weighted by Crippen LogP contribution is 2.28. The lowest BCUT2D eigenvalue weighted by molar-refractivity contribution is 0.412. The van der Waals surface area contributed by atoms with Crippen LogP contribution in [0, 0.1) is 0 Å². The normalized spacial score (nSPS) is 12.5. The van der Waals surface area contributed by atoms with Crippen LogP contribution in [0.4, 0.5) is 0 Å². The molecule has 0 spiro atoms. The largest absolute Gasteiger partial charge is 0.495 e. The molecule has 0 bridgehead atoms. The smallest absolute Gasteiger partial charge is 0.135 e. The van der Waals surface area contributed by atoms with Crippen LogP contribution in [-0.4, -0.2) is 16.7 Å². The summed E-state index contributed by atoms with van der Waals surface area (Å²) in [7, 11) is 1.64. The van der Waals surface area contributed by atoms with Crippen molar-refractivity contribution >= 4 is 15.9 Å².